The monoisotopic (exact) mass is 165 g/mol. The molecule has 1 heterocycles. The zero-order valence-corrected chi connectivity index (χ0v) is 7.91. The van der Waals surface area contributed by atoms with Gasteiger partial charge >= 0.3 is 0 Å². The lowest BCUT2D eigenvalue weighted by molar-refractivity contribution is 0.760. The second-order valence-electron chi connectivity index (χ2n) is 1.90. The summed E-state index contributed by atoms with van der Waals surface area (Å²) in [7, 11) is 1.84. The summed E-state index contributed by atoms with van der Waals surface area (Å²) in [5.74, 6) is 0. The molecule has 0 aliphatic rings. The molecule has 0 amide bonds. The van der Waals surface area contributed by atoms with Crippen molar-refractivity contribution >= 4 is 18.5 Å². The molecule has 0 saturated heterocycles. The molecule has 12 heavy (non-hydrogen) atoms. The van der Waals surface area contributed by atoms with Crippen LogP contribution in [0.1, 0.15) is 19.5 Å². The van der Waals surface area contributed by atoms with Crippen LogP contribution in [-0.4, -0.2) is 16.5 Å². The Kier molecular flexibility index (Phi) is 4.69. The number of rotatable bonds is 2. The summed E-state index contributed by atoms with van der Waals surface area (Å²) in [5.41, 5.74) is 1.67. The lowest BCUT2D eigenvalue weighted by atomic mass is 10.4. The minimum absolute atomic E-state index is 0.775. The van der Waals surface area contributed by atoms with Crippen molar-refractivity contribution in [3.05, 3.63) is 18.5 Å². The maximum Gasteiger partial charge on any atom is 0.107 e. The molecule has 0 aliphatic heterocycles. The molecule has 0 bridgehead atoms. The minimum atomic E-state index is 0.775. The Morgan fingerprint density at radius 3 is 2.50 bits per heavy atom. The molecule has 0 radical (unpaired) electrons. The lowest BCUT2D eigenvalue weighted by Gasteiger charge is -1.92. The van der Waals surface area contributed by atoms with Crippen molar-refractivity contribution in [3.8, 4) is 0 Å². The third-order valence-electron chi connectivity index (χ3n) is 1.33. The Bertz CT molecular complexity index is 261. The molecule has 0 aliphatic carbocycles. The van der Waals surface area contributed by atoms with Gasteiger partial charge in [-0.2, -0.15) is 5.10 Å². The Morgan fingerprint density at radius 1 is 1.58 bits per heavy atom. The van der Waals surface area contributed by atoms with E-state index in [4.69, 9.17) is 0 Å². The van der Waals surface area contributed by atoms with Crippen molar-refractivity contribution in [3.63, 3.8) is 0 Å². The van der Waals surface area contributed by atoms with E-state index in [0.717, 1.165) is 11.4 Å². The standard InChI is InChI=1S/C7H9N3.C2H6/c1-4-7-6(8-2)5-9-10(7)3;1-2/h4-5H,1-2H2,3H3;1-2H3. The molecule has 0 unspecified atom stereocenters. The molecule has 0 fully saturated rings. The van der Waals surface area contributed by atoms with E-state index in [1.165, 1.54) is 0 Å². The van der Waals surface area contributed by atoms with E-state index in [0.29, 0.717) is 0 Å². The molecule has 1 rings (SSSR count). The lowest BCUT2D eigenvalue weighted by Crippen LogP contribution is -1.91. The van der Waals surface area contributed by atoms with Crippen LogP contribution in [0, 0.1) is 0 Å². The zero-order valence-electron chi connectivity index (χ0n) is 7.91. The first-order valence-corrected chi connectivity index (χ1v) is 3.90. The Hall–Kier alpha value is -1.38. The van der Waals surface area contributed by atoms with Gasteiger partial charge in [-0.1, -0.05) is 20.4 Å². The fourth-order valence-electron chi connectivity index (χ4n) is 0.794. The van der Waals surface area contributed by atoms with Crippen LogP contribution in [0.2, 0.25) is 0 Å². The molecule has 1 aromatic heterocycles. The first-order chi connectivity index (χ1) is 5.79. The van der Waals surface area contributed by atoms with Gasteiger partial charge in [0.2, 0.25) is 0 Å². The van der Waals surface area contributed by atoms with Gasteiger partial charge in [-0.05, 0) is 12.8 Å². The maximum atomic E-state index is 3.97. The number of aliphatic imine (C=N–C) groups is 1. The van der Waals surface area contributed by atoms with Gasteiger partial charge < -0.3 is 0 Å². The Labute approximate surface area is 73.4 Å². The summed E-state index contributed by atoms with van der Waals surface area (Å²) in [6.45, 7) is 11.0. The van der Waals surface area contributed by atoms with Gasteiger partial charge in [-0.3, -0.25) is 9.67 Å². The summed E-state index contributed by atoms with van der Waals surface area (Å²) in [4.78, 5) is 3.76. The number of aromatic nitrogens is 2. The third kappa shape index (κ3) is 2.05. The van der Waals surface area contributed by atoms with Crippen molar-refractivity contribution in [1.82, 2.24) is 9.78 Å². The largest absolute Gasteiger partial charge is 0.266 e. The Morgan fingerprint density at radius 2 is 2.17 bits per heavy atom. The fourth-order valence-corrected chi connectivity index (χ4v) is 0.794. The van der Waals surface area contributed by atoms with Gasteiger partial charge in [0.05, 0.1) is 11.9 Å². The molecule has 3 heteroatoms. The SMILES string of the molecule is C=Cc1c(N=C)cnn1C.CC. The second-order valence-corrected chi connectivity index (χ2v) is 1.90. The highest BCUT2D eigenvalue weighted by Crippen LogP contribution is 2.17. The summed E-state index contributed by atoms with van der Waals surface area (Å²) in [6, 6.07) is 0. The van der Waals surface area contributed by atoms with Gasteiger partial charge in [-0.25, -0.2) is 0 Å². The third-order valence-corrected chi connectivity index (χ3v) is 1.33. The molecule has 1 aromatic rings. The molecular weight excluding hydrogens is 150 g/mol. The van der Waals surface area contributed by atoms with E-state index in [1.807, 2.05) is 20.9 Å². The topological polar surface area (TPSA) is 30.2 Å². The number of nitrogens with zero attached hydrogens (tertiary/aromatic N) is 3. The normalized spacial score (nSPS) is 8.25. The van der Waals surface area contributed by atoms with Crippen LogP contribution >= 0.6 is 0 Å². The summed E-state index contributed by atoms with van der Waals surface area (Å²) in [5, 5.41) is 3.97. The van der Waals surface area contributed by atoms with E-state index in [1.54, 1.807) is 17.0 Å². The van der Waals surface area contributed by atoms with E-state index in [2.05, 4.69) is 23.4 Å². The fraction of sp³-hybridized carbons (Fsp3) is 0.333. The van der Waals surface area contributed by atoms with Crippen molar-refractivity contribution in [2.24, 2.45) is 12.0 Å². The highest BCUT2D eigenvalue weighted by molar-refractivity contribution is 5.60. The van der Waals surface area contributed by atoms with Crippen molar-refractivity contribution < 1.29 is 0 Å². The van der Waals surface area contributed by atoms with Crippen LogP contribution in [-0.2, 0) is 7.05 Å². The molecular formula is C9H15N3. The second kappa shape index (κ2) is 5.29. The average Bonchev–Trinajstić information content (AvgIpc) is 2.49. The highest BCUT2D eigenvalue weighted by atomic mass is 15.3. The number of hydrogen-bond acceptors (Lipinski definition) is 2. The maximum absolute atomic E-state index is 3.97. The predicted molar refractivity (Wildman–Crippen MR) is 53.9 cm³/mol. The van der Waals surface area contributed by atoms with Crippen molar-refractivity contribution in [2.75, 3.05) is 0 Å². The van der Waals surface area contributed by atoms with E-state index in [9.17, 15) is 0 Å². The smallest absolute Gasteiger partial charge is 0.107 e. The first kappa shape index (κ1) is 10.6. The molecule has 0 N–H and O–H groups in total. The van der Waals surface area contributed by atoms with Crippen molar-refractivity contribution in [1.29, 1.82) is 0 Å². The molecule has 0 atom stereocenters. The van der Waals surface area contributed by atoms with Crippen LogP contribution in [0.4, 0.5) is 5.69 Å². The zero-order chi connectivity index (χ0) is 9.56. The number of hydrogen-bond donors (Lipinski definition) is 0. The molecule has 3 nitrogen and oxygen atoms in total. The molecule has 0 aromatic carbocycles. The highest BCUT2D eigenvalue weighted by Gasteiger charge is 2.00. The van der Waals surface area contributed by atoms with Gasteiger partial charge in [0.25, 0.3) is 0 Å². The van der Waals surface area contributed by atoms with E-state index in [-0.39, 0.29) is 0 Å². The van der Waals surface area contributed by atoms with Crippen LogP contribution in [0.25, 0.3) is 6.08 Å². The van der Waals surface area contributed by atoms with Crippen LogP contribution in [0.3, 0.4) is 0 Å². The summed E-state index contributed by atoms with van der Waals surface area (Å²) >= 11 is 0. The predicted octanol–water partition coefficient (Wildman–Crippen LogP) is 2.42. The summed E-state index contributed by atoms with van der Waals surface area (Å²) < 4.78 is 1.71. The van der Waals surface area contributed by atoms with E-state index < -0.39 is 0 Å². The van der Waals surface area contributed by atoms with Gasteiger partial charge in [0, 0.05) is 7.05 Å². The quantitative estimate of drug-likeness (QED) is 0.619. The van der Waals surface area contributed by atoms with Crippen LogP contribution < -0.4 is 0 Å². The van der Waals surface area contributed by atoms with Crippen molar-refractivity contribution in [2.45, 2.75) is 13.8 Å². The molecule has 0 spiro atoms. The Balaban J connectivity index is 0.000000561. The van der Waals surface area contributed by atoms with E-state index >= 15 is 0 Å². The molecule has 66 valence electrons. The average molecular weight is 165 g/mol. The van der Waals surface area contributed by atoms with Gasteiger partial charge in [-0.15, -0.1) is 0 Å². The first-order valence-electron chi connectivity index (χ1n) is 3.90. The van der Waals surface area contributed by atoms with Crippen LogP contribution in [0.15, 0.2) is 17.8 Å². The van der Waals surface area contributed by atoms with Gasteiger partial charge in [0.1, 0.15) is 5.69 Å². The minimum Gasteiger partial charge on any atom is -0.266 e. The number of aryl methyl sites for hydroxylation is 1. The summed E-state index contributed by atoms with van der Waals surface area (Å²) in [6.07, 6.45) is 3.36. The van der Waals surface area contributed by atoms with Crippen LogP contribution in [0.5, 0.6) is 0 Å². The van der Waals surface area contributed by atoms with Gasteiger partial charge in [0.15, 0.2) is 0 Å². The molecule has 0 saturated carbocycles.